The van der Waals surface area contributed by atoms with Crippen LogP contribution in [0.25, 0.3) is 0 Å². The number of thiophene rings is 1. The van der Waals surface area contributed by atoms with E-state index in [9.17, 15) is 13.2 Å². The molecular formula is C13H9BrN4O3S3. The number of amides is 1. The first kappa shape index (κ1) is 17.0. The first-order chi connectivity index (χ1) is 11.5. The van der Waals surface area contributed by atoms with Crippen LogP contribution in [0.15, 0.2) is 49.9 Å². The van der Waals surface area contributed by atoms with E-state index in [1.54, 1.807) is 5.38 Å². The van der Waals surface area contributed by atoms with E-state index >= 15 is 0 Å². The zero-order chi connectivity index (χ0) is 17.2. The molecular weight excluding hydrogens is 436 g/mol. The minimum absolute atomic E-state index is 0.0624. The van der Waals surface area contributed by atoms with Crippen LogP contribution in [0.2, 0.25) is 0 Å². The summed E-state index contributed by atoms with van der Waals surface area (Å²) in [4.78, 5) is 12.2. The third kappa shape index (κ3) is 3.80. The number of carbonyl (C=O) groups is 1. The molecule has 0 saturated carbocycles. The van der Waals surface area contributed by atoms with Crippen molar-refractivity contribution in [3.05, 3.63) is 50.6 Å². The third-order valence-corrected chi connectivity index (χ3v) is 6.66. The van der Waals surface area contributed by atoms with Crippen LogP contribution < -0.4 is 10.0 Å². The minimum Gasteiger partial charge on any atom is -0.322 e. The number of hydrogen-bond acceptors (Lipinski definition) is 7. The normalized spacial score (nSPS) is 11.2. The van der Waals surface area contributed by atoms with Crippen molar-refractivity contribution < 1.29 is 13.2 Å². The topological polar surface area (TPSA) is 101 Å². The second-order valence-corrected chi connectivity index (χ2v) is 8.57. The van der Waals surface area contributed by atoms with Gasteiger partial charge in [-0.2, -0.15) is 11.3 Å². The molecule has 124 valence electrons. The summed E-state index contributed by atoms with van der Waals surface area (Å²) < 4.78 is 27.4. The fourth-order valence-corrected chi connectivity index (χ4v) is 4.90. The quantitative estimate of drug-likeness (QED) is 0.627. The fourth-order valence-electron chi connectivity index (χ4n) is 1.75. The van der Waals surface area contributed by atoms with Gasteiger partial charge in [0.1, 0.15) is 5.51 Å². The molecule has 1 amide bonds. The summed E-state index contributed by atoms with van der Waals surface area (Å²) in [6.07, 6.45) is 0. The summed E-state index contributed by atoms with van der Waals surface area (Å²) in [6, 6.07) is 5.85. The summed E-state index contributed by atoms with van der Waals surface area (Å²) in [5.41, 5.74) is 2.45. The van der Waals surface area contributed by atoms with E-state index in [1.165, 1.54) is 41.1 Å². The molecule has 0 radical (unpaired) electrons. The van der Waals surface area contributed by atoms with Gasteiger partial charge < -0.3 is 5.32 Å². The first-order valence-corrected chi connectivity index (χ1v) is 10.5. The summed E-state index contributed by atoms with van der Waals surface area (Å²) in [5, 5.41) is 13.6. The molecule has 0 aliphatic rings. The number of anilines is 2. The molecule has 24 heavy (non-hydrogen) atoms. The van der Waals surface area contributed by atoms with Crippen LogP contribution in [0.1, 0.15) is 10.4 Å². The van der Waals surface area contributed by atoms with Crippen molar-refractivity contribution in [2.75, 3.05) is 10.0 Å². The average Bonchev–Trinajstić information content (AvgIpc) is 3.19. The largest absolute Gasteiger partial charge is 0.322 e. The van der Waals surface area contributed by atoms with Gasteiger partial charge in [0.05, 0.1) is 10.5 Å². The zero-order valence-electron chi connectivity index (χ0n) is 11.8. The number of hydrogen-bond donors (Lipinski definition) is 2. The smallest absolute Gasteiger partial charge is 0.263 e. The Hall–Kier alpha value is -1.82. The Kier molecular flexibility index (Phi) is 4.94. The van der Waals surface area contributed by atoms with E-state index < -0.39 is 10.0 Å². The highest BCUT2D eigenvalue weighted by Crippen LogP contribution is 2.23. The molecule has 0 aliphatic carbocycles. The van der Waals surface area contributed by atoms with Crippen LogP contribution in [0.5, 0.6) is 0 Å². The van der Waals surface area contributed by atoms with E-state index in [1.807, 2.05) is 5.38 Å². The highest BCUT2D eigenvalue weighted by Gasteiger charge is 2.16. The van der Waals surface area contributed by atoms with Gasteiger partial charge in [0, 0.05) is 20.9 Å². The van der Waals surface area contributed by atoms with Crippen LogP contribution in [0, 0.1) is 0 Å². The van der Waals surface area contributed by atoms with E-state index in [4.69, 9.17) is 0 Å². The molecule has 0 saturated heterocycles. The van der Waals surface area contributed by atoms with Crippen molar-refractivity contribution in [1.82, 2.24) is 10.2 Å². The highest BCUT2D eigenvalue weighted by molar-refractivity contribution is 9.10. The molecule has 11 heteroatoms. The molecule has 0 bridgehead atoms. The number of carbonyl (C=O) groups excluding carboxylic acids is 1. The average molecular weight is 445 g/mol. The summed E-state index contributed by atoms with van der Waals surface area (Å²) in [6.45, 7) is 0. The molecule has 3 rings (SSSR count). The Morgan fingerprint density at radius 2 is 1.92 bits per heavy atom. The number of rotatable bonds is 5. The van der Waals surface area contributed by atoms with E-state index in [0.29, 0.717) is 15.7 Å². The van der Waals surface area contributed by atoms with Gasteiger partial charge in [-0.15, -0.1) is 10.2 Å². The Labute approximate surface area is 153 Å². The molecule has 0 aliphatic heterocycles. The highest BCUT2D eigenvalue weighted by atomic mass is 79.9. The molecule has 3 aromatic rings. The second-order valence-electron chi connectivity index (χ2n) is 4.46. The number of sulfonamides is 1. The summed E-state index contributed by atoms with van der Waals surface area (Å²) in [5.74, 6) is -0.272. The van der Waals surface area contributed by atoms with Crippen molar-refractivity contribution in [2.45, 2.75) is 4.90 Å². The van der Waals surface area contributed by atoms with Crippen LogP contribution in [-0.4, -0.2) is 24.5 Å². The number of halogens is 1. The van der Waals surface area contributed by atoms with Crippen molar-refractivity contribution in [2.24, 2.45) is 0 Å². The van der Waals surface area contributed by atoms with E-state index in [0.717, 1.165) is 11.3 Å². The Morgan fingerprint density at radius 1 is 1.17 bits per heavy atom. The van der Waals surface area contributed by atoms with E-state index in [2.05, 4.69) is 36.2 Å². The molecule has 7 nitrogen and oxygen atoms in total. The molecule has 0 fully saturated rings. The van der Waals surface area contributed by atoms with Crippen molar-refractivity contribution in [3.8, 4) is 0 Å². The van der Waals surface area contributed by atoms with Gasteiger partial charge in [-0.3, -0.25) is 9.52 Å². The Bertz CT molecular complexity index is 953. The molecule has 0 spiro atoms. The van der Waals surface area contributed by atoms with Gasteiger partial charge in [0.25, 0.3) is 15.9 Å². The van der Waals surface area contributed by atoms with Crippen molar-refractivity contribution in [1.29, 1.82) is 0 Å². The number of benzene rings is 1. The monoisotopic (exact) mass is 444 g/mol. The number of nitrogens with zero attached hydrogens (tertiary/aromatic N) is 2. The third-order valence-electron chi connectivity index (χ3n) is 2.86. The maximum Gasteiger partial charge on any atom is 0.263 e. The minimum atomic E-state index is -3.74. The van der Waals surface area contributed by atoms with Crippen LogP contribution in [0.4, 0.5) is 10.8 Å². The summed E-state index contributed by atoms with van der Waals surface area (Å²) in [7, 11) is -3.74. The van der Waals surface area contributed by atoms with Crippen LogP contribution >= 0.6 is 38.6 Å². The lowest BCUT2D eigenvalue weighted by atomic mass is 10.3. The lowest BCUT2D eigenvalue weighted by Gasteiger charge is -2.07. The van der Waals surface area contributed by atoms with Gasteiger partial charge in [-0.1, -0.05) is 11.3 Å². The van der Waals surface area contributed by atoms with Crippen molar-refractivity contribution >= 4 is 65.4 Å². The number of aromatic nitrogens is 2. The van der Waals surface area contributed by atoms with Gasteiger partial charge >= 0.3 is 0 Å². The zero-order valence-corrected chi connectivity index (χ0v) is 15.8. The van der Waals surface area contributed by atoms with Crippen molar-refractivity contribution in [3.63, 3.8) is 0 Å². The molecule has 0 unspecified atom stereocenters. The van der Waals surface area contributed by atoms with Crippen LogP contribution in [-0.2, 0) is 10.0 Å². The molecule has 1 aromatic carbocycles. The predicted octanol–water partition coefficient (Wildman–Crippen LogP) is 3.42. The van der Waals surface area contributed by atoms with Crippen LogP contribution in [0.3, 0.4) is 0 Å². The Balaban J connectivity index is 1.73. The van der Waals surface area contributed by atoms with Gasteiger partial charge in [-0.05, 0) is 40.2 Å². The fraction of sp³-hybridized carbons (Fsp3) is 0. The van der Waals surface area contributed by atoms with Gasteiger partial charge in [0.15, 0.2) is 0 Å². The molecule has 0 atom stereocenters. The number of nitrogens with one attached hydrogen (secondary N) is 2. The standard InChI is InChI=1S/C13H9BrN4O3S3/c14-11-6-22-5-10(11)12(19)16-8-1-3-9(4-2-8)24(20,21)18-13-17-15-7-23-13/h1-7H,(H,16,19)(H,17,18). The maximum absolute atomic E-state index is 12.2. The summed E-state index contributed by atoms with van der Waals surface area (Å²) >= 11 is 5.79. The molecule has 2 heterocycles. The van der Waals surface area contributed by atoms with Gasteiger partial charge in [-0.25, -0.2) is 8.42 Å². The maximum atomic E-state index is 12.2. The lowest BCUT2D eigenvalue weighted by molar-refractivity contribution is 0.102. The Morgan fingerprint density at radius 3 is 2.50 bits per heavy atom. The van der Waals surface area contributed by atoms with Gasteiger partial charge in [0.2, 0.25) is 5.13 Å². The van der Waals surface area contributed by atoms with E-state index in [-0.39, 0.29) is 15.9 Å². The molecule has 2 aromatic heterocycles. The second kappa shape index (κ2) is 6.97. The molecule has 2 N–H and O–H groups in total. The lowest BCUT2D eigenvalue weighted by Crippen LogP contribution is -2.14. The SMILES string of the molecule is O=C(Nc1ccc(S(=O)(=O)Nc2nncs2)cc1)c1cscc1Br. The predicted molar refractivity (Wildman–Crippen MR) is 97.1 cm³/mol. The first-order valence-electron chi connectivity index (χ1n) is 6.38.